The molecule has 1 N–H and O–H groups in total. The van der Waals surface area contributed by atoms with Crippen molar-refractivity contribution in [2.24, 2.45) is 0 Å². The molecule has 0 saturated carbocycles. The lowest BCUT2D eigenvalue weighted by Crippen LogP contribution is -2.04. The number of aromatic amines is 1. The number of hydrogen-bond donors (Lipinski definition) is 1. The number of nitrogens with one attached hydrogen (secondary N) is 1. The van der Waals surface area contributed by atoms with Crippen molar-refractivity contribution in [1.29, 1.82) is 0 Å². The van der Waals surface area contributed by atoms with Crippen molar-refractivity contribution in [3.8, 4) is 22.5 Å². The van der Waals surface area contributed by atoms with Gasteiger partial charge in [-0.2, -0.15) is 5.10 Å². The molecule has 4 heteroatoms. The first-order valence-corrected chi connectivity index (χ1v) is 7.39. The molecule has 0 saturated heterocycles. The number of hydrogen-bond acceptors (Lipinski definition) is 2. The average Bonchev–Trinajstić information content (AvgIpc) is 2.93. The lowest BCUT2D eigenvalue weighted by molar-refractivity contribution is 0.937. The van der Waals surface area contributed by atoms with Gasteiger partial charge < -0.3 is 0 Å². The standard InChI is InChI=1S/C16H12BrN3/c17-14-5-1-4-12-11(14)6-7-13-15(19-20-16(12)13)10-3-2-8-18-9-10/h1-5,8-9H,6-7H2,(H,19,20). The lowest BCUT2D eigenvalue weighted by atomic mass is 9.88. The van der Waals surface area contributed by atoms with E-state index in [9.17, 15) is 0 Å². The maximum atomic E-state index is 4.52. The van der Waals surface area contributed by atoms with Crippen LogP contribution in [0.1, 0.15) is 11.1 Å². The first-order chi connectivity index (χ1) is 9.84. The highest BCUT2D eigenvalue weighted by Gasteiger charge is 2.23. The highest BCUT2D eigenvalue weighted by molar-refractivity contribution is 9.10. The maximum absolute atomic E-state index is 4.52. The Bertz CT molecular complexity index is 778. The number of aromatic nitrogens is 3. The van der Waals surface area contributed by atoms with Crippen LogP contribution in [0.3, 0.4) is 0 Å². The molecule has 0 radical (unpaired) electrons. The molecular formula is C16H12BrN3. The normalized spacial score (nSPS) is 12.8. The predicted molar refractivity (Wildman–Crippen MR) is 82.4 cm³/mol. The van der Waals surface area contributed by atoms with Crippen LogP contribution in [-0.4, -0.2) is 15.2 Å². The smallest absolute Gasteiger partial charge is 0.0974 e. The predicted octanol–water partition coefficient (Wildman–Crippen LogP) is 4.00. The van der Waals surface area contributed by atoms with Gasteiger partial charge in [0.25, 0.3) is 0 Å². The fourth-order valence-electron chi connectivity index (χ4n) is 2.87. The van der Waals surface area contributed by atoms with E-state index in [0.29, 0.717) is 0 Å². The van der Waals surface area contributed by atoms with Gasteiger partial charge >= 0.3 is 0 Å². The molecule has 2 heterocycles. The second-order valence-electron chi connectivity index (χ2n) is 4.93. The Morgan fingerprint density at radius 2 is 1.95 bits per heavy atom. The van der Waals surface area contributed by atoms with E-state index in [0.717, 1.165) is 29.8 Å². The number of H-pyrrole nitrogens is 1. The number of pyridine rings is 1. The summed E-state index contributed by atoms with van der Waals surface area (Å²) in [6.45, 7) is 0. The molecular weight excluding hydrogens is 314 g/mol. The van der Waals surface area contributed by atoms with Crippen molar-refractivity contribution in [2.75, 3.05) is 0 Å². The van der Waals surface area contributed by atoms with Gasteiger partial charge in [-0.15, -0.1) is 0 Å². The van der Waals surface area contributed by atoms with E-state index in [1.807, 2.05) is 12.3 Å². The molecule has 0 unspecified atom stereocenters. The summed E-state index contributed by atoms with van der Waals surface area (Å²) in [4.78, 5) is 4.19. The average molecular weight is 326 g/mol. The van der Waals surface area contributed by atoms with Crippen LogP contribution in [-0.2, 0) is 12.8 Å². The molecule has 0 bridgehead atoms. The fourth-order valence-corrected chi connectivity index (χ4v) is 3.43. The van der Waals surface area contributed by atoms with Gasteiger partial charge in [-0.3, -0.25) is 10.1 Å². The van der Waals surface area contributed by atoms with E-state index < -0.39 is 0 Å². The van der Waals surface area contributed by atoms with Gasteiger partial charge in [-0.1, -0.05) is 28.1 Å². The minimum atomic E-state index is 1.01. The lowest BCUT2D eigenvalue weighted by Gasteiger charge is -2.17. The monoisotopic (exact) mass is 325 g/mol. The molecule has 4 rings (SSSR count). The van der Waals surface area contributed by atoms with Crippen molar-refractivity contribution in [3.63, 3.8) is 0 Å². The summed E-state index contributed by atoms with van der Waals surface area (Å²) in [7, 11) is 0. The van der Waals surface area contributed by atoms with Crippen LogP contribution in [0.15, 0.2) is 47.2 Å². The van der Waals surface area contributed by atoms with Crippen LogP contribution in [0.5, 0.6) is 0 Å². The Kier molecular flexibility index (Phi) is 2.70. The number of nitrogens with zero attached hydrogens (tertiary/aromatic N) is 2. The van der Waals surface area contributed by atoms with E-state index in [2.05, 4.69) is 55.4 Å². The Morgan fingerprint density at radius 3 is 2.80 bits per heavy atom. The molecule has 0 spiro atoms. The zero-order valence-electron chi connectivity index (χ0n) is 10.7. The number of benzene rings is 1. The minimum absolute atomic E-state index is 1.01. The molecule has 0 aliphatic heterocycles. The van der Waals surface area contributed by atoms with E-state index in [1.165, 1.54) is 21.2 Å². The SMILES string of the molecule is Brc1cccc2c1CCc1c(-c3cccnc3)n[nH]c1-2. The van der Waals surface area contributed by atoms with Crippen molar-refractivity contribution in [1.82, 2.24) is 15.2 Å². The Labute approximate surface area is 125 Å². The summed E-state index contributed by atoms with van der Waals surface area (Å²) < 4.78 is 1.18. The van der Waals surface area contributed by atoms with Crippen LogP contribution >= 0.6 is 15.9 Å². The third-order valence-corrected chi connectivity index (χ3v) is 4.56. The van der Waals surface area contributed by atoms with E-state index in [-0.39, 0.29) is 0 Å². The minimum Gasteiger partial charge on any atom is -0.277 e. The molecule has 3 aromatic rings. The highest BCUT2D eigenvalue weighted by Crippen LogP contribution is 2.39. The summed E-state index contributed by atoms with van der Waals surface area (Å²) in [5, 5.41) is 7.73. The third kappa shape index (κ3) is 1.72. The Balaban J connectivity index is 1.91. The van der Waals surface area contributed by atoms with Crippen molar-refractivity contribution in [2.45, 2.75) is 12.8 Å². The molecule has 0 fully saturated rings. The summed E-state index contributed by atoms with van der Waals surface area (Å²) in [5.41, 5.74) is 7.15. The van der Waals surface area contributed by atoms with Gasteiger partial charge in [-0.25, -0.2) is 0 Å². The van der Waals surface area contributed by atoms with Crippen LogP contribution in [0.25, 0.3) is 22.5 Å². The van der Waals surface area contributed by atoms with E-state index >= 15 is 0 Å². The second kappa shape index (κ2) is 4.56. The number of halogens is 1. The third-order valence-electron chi connectivity index (χ3n) is 3.82. The molecule has 1 aliphatic carbocycles. The van der Waals surface area contributed by atoms with Crippen LogP contribution < -0.4 is 0 Å². The van der Waals surface area contributed by atoms with Crippen molar-refractivity contribution in [3.05, 3.63) is 58.3 Å². The Hall–Kier alpha value is -1.94. The fraction of sp³-hybridized carbons (Fsp3) is 0.125. The quantitative estimate of drug-likeness (QED) is 0.734. The maximum Gasteiger partial charge on any atom is 0.0974 e. The largest absolute Gasteiger partial charge is 0.277 e. The molecule has 1 aliphatic rings. The van der Waals surface area contributed by atoms with Gasteiger partial charge in [-0.05, 0) is 36.6 Å². The summed E-state index contributed by atoms with van der Waals surface area (Å²) in [6.07, 6.45) is 5.70. The molecule has 2 aromatic heterocycles. The van der Waals surface area contributed by atoms with Gasteiger partial charge in [0.1, 0.15) is 0 Å². The molecule has 0 atom stereocenters. The van der Waals surface area contributed by atoms with Gasteiger partial charge in [0.15, 0.2) is 0 Å². The number of rotatable bonds is 1. The molecule has 20 heavy (non-hydrogen) atoms. The van der Waals surface area contributed by atoms with E-state index in [1.54, 1.807) is 6.20 Å². The molecule has 0 amide bonds. The summed E-state index contributed by atoms with van der Waals surface area (Å²) in [6, 6.07) is 10.3. The Morgan fingerprint density at radius 1 is 1.05 bits per heavy atom. The number of fused-ring (bicyclic) bond motifs is 3. The first-order valence-electron chi connectivity index (χ1n) is 6.60. The van der Waals surface area contributed by atoms with Crippen LogP contribution in [0, 0.1) is 0 Å². The topological polar surface area (TPSA) is 41.6 Å². The van der Waals surface area contributed by atoms with Crippen LogP contribution in [0.2, 0.25) is 0 Å². The van der Waals surface area contributed by atoms with Crippen LogP contribution in [0.4, 0.5) is 0 Å². The van der Waals surface area contributed by atoms with Gasteiger partial charge in [0, 0.05) is 33.6 Å². The van der Waals surface area contributed by atoms with Crippen molar-refractivity contribution < 1.29 is 0 Å². The van der Waals surface area contributed by atoms with Crippen molar-refractivity contribution >= 4 is 15.9 Å². The summed E-state index contributed by atoms with van der Waals surface area (Å²) in [5.74, 6) is 0. The zero-order valence-corrected chi connectivity index (χ0v) is 12.3. The zero-order chi connectivity index (χ0) is 13.5. The second-order valence-corrected chi connectivity index (χ2v) is 5.79. The summed E-state index contributed by atoms with van der Waals surface area (Å²) >= 11 is 3.64. The first kappa shape index (κ1) is 11.9. The molecule has 3 nitrogen and oxygen atoms in total. The van der Waals surface area contributed by atoms with E-state index in [4.69, 9.17) is 0 Å². The van der Waals surface area contributed by atoms with Gasteiger partial charge in [0.2, 0.25) is 0 Å². The molecule has 1 aromatic carbocycles. The van der Waals surface area contributed by atoms with Gasteiger partial charge in [0.05, 0.1) is 11.4 Å². The molecule has 98 valence electrons. The highest BCUT2D eigenvalue weighted by atomic mass is 79.9.